The molecule has 3 aromatic rings. The van der Waals surface area contributed by atoms with Gasteiger partial charge in [0.05, 0.1) is 30.5 Å². The molecule has 2 amide bonds. The fraction of sp³-hybridized carbons (Fsp3) is 0.125. The van der Waals surface area contributed by atoms with Crippen molar-refractivity contribution in [2.45, 2.75) is 6.54 Å². The first-order valence-corrected chi connectivity index (χ1v) is 9.70. The minimum atomic E-state index is -0.455. The first kappa shape index (κ1) is 21.6. The topological polar surface area (TPSA) is 96.5 Å². The van der Waals surface area contributed by atoms with E-state index in [1.807, 2.05) is 30.3 Å². The average molecular weight is 417 g/mol. The molecule has 0 aliphatic carbocycles. The molecule has 31 heavy (non-hydrogen) atoms. The molecule has 0 fully saturated rings. The van der Waals surface area contributed by atoms with E-state index in [0.29, 0.717) is 29.0 Å². The molecule has 0 aliphatic heterocycles. The van der Waals surface area contributed by atoms with Crippen LogP contribution in [0.5, 0.6) is 0 Å². The second-order valence-electron chi connectivity index (χ2n) is 6.69. The molecule has 0 atom stereocenters. The molecule has 158 valence electrons. The van der Waals surface area contributed by atoms with Crippen LogP contribution in [-0.2, 0) is 16.1 Å². The Balaban J connectivity index is 1.59. The number of nitrogens with one attached hydrogen (secondary N) is 3. The number of anilines is 2. The average Bonchev–Trinajstić information content (AvgIpc) is 2.82. The molecule has 0 unspecified atom stereocenters. The molecule has 0 bridgehead atoms. The fourth-order valence-electron chi connectivity index (χ4n) is 2.91. The van der Waals surface area contributed by atoms with E-state index >= 15 is 0 Å². The summed E-state index contributed by atoms with van der Waals surface area (Å²) in [5.74, 6) is -1.06. The maximum atomic E-state index is 12.6. The van der Waals surface area contributed by atoms with Gasteiger partial charge in [0.25, 0.3) is 5.91 Å². The Labute approximate surface area is 180 Å². The van der Waals surface area contributed by atoms with E-state index in [1.54, 1.807) is 48.5 Å². The maximum Gasteiger partial charge on any atom is 0.337 e. The van der Waals surface area contributed by atoms with Crippen molar-refractivity contribution < 1.29 is 19.1 Å². The highest BCUT2D eigenvalue weighted by molar-refractivity contribution is 6.04. The first-order chi connectivity index (χ1) is 15.1. The number of rotatable bonds is 8. The van der Waals surface area contributed by atoms with E-state index in [1.165, 1.54) is 7.11 Å². The Morgan fingerprint density at radius 1 is 0.871 bits per heavy atom. The molecular formula is C24H23N3O4. The zero-order chi connectivity index (χ0) is 22.1. The summed E-state index contributed by atoms with van der Waals surface area (Å²) in [5.41, 5.74) is 2.76. The first-order valence-electron chi connectivity index (χ1n) is 9.70. The molecule has 0 saturated carbocycles. The van der Waals surface area contributed by atoms with Gasteiger partial charge in [-0.25, -0.2) is 4.79 Å². The number of hydrogen-bond donors (Lipinski definition) is 3. The monoisotopic (exact) mass is 417 g/mol. The van der Waals surface area contributed by atoms with Gasteiger partial charge in [-0.05, 0) is 35.9 Å². The van der Waals surface area contributed by atoms with E-state index in [9.17, 15) is 14.4 Å². The molecule has 7 nitrogen and oxygen atoms in total. The molecule has 3 aromatic carbocycles. The summed E-state index contributed by atoms with van der Waals surface area (Å²) in [6, 6.07) is 23.1. The lowest BCUT2D eigenvalue weighted by Crippen LogP contribution is -2.26. The van der Waals surface area contributed by atoms with Crippen molar-refractivity contribution in [3.8, 4) is 0 Å². The fourth-order valence-corrected chi connectivity index (χ4v) is 2.91. The third-order valence-electron chi connectivity index (χ3n) is 4.48. The molecule has 0 radical (unpaired) electrons. The molecule has 0 aromatic heterocycles. The number of amides is 2. The summed E-state index contributed by atoms with van der Waals surface area (Å²) in [6.45, 7) is 0.352. The van der Waals surface area contributed by atoms with Gasteiger partial charge in [0.1, 0.15) is 0 Å². The number of benzene rings is 3. The predicted molar refractivity (Wildman–Crippen MR) is 119 cm³/mol. The standard InChI is InChI=1S/C24H23N3O4/c1-31-24(30)18-10-7-11-19(14-18)25-16-22(28)27-21-13-6-5-12-20(21)23(29)26-15-17-8-3-2-4-9-17/h2-14,25H,15-16H2,1H3,(H,26,29)(H,27,28). The Morgan fingerprint density at radius 3 is 2.39 bits per heavy atom. The van der Waals surface area contributed by atoms with Gasteiger partial charge in [0.2, 0.25) is 5.91 Å². The van der Waals surface area contributed by atoms with Crippen LogP contribution in [0.25, 0.3) is 0 Å². The highest BCUT2D eigenvalue weighted by atomic mass is 16.5. The van der Waals surface area contributed by atoms with E-state index in [0.717, 1.165) is 5.56 Å². The predicted octanol–water partition coefficient (Wildman–Crippen LogP) is 3.45. The van der Waals surface area contributed by atoms with Crippen LogP contribution in [0.3, 0.4) is 0 Å². The van der Waals surface area contributed by atoms with Gasteiger partial charge in [0.15, 0.2) is 0 Å². The van der Waals surface area contributed by atoms with Crippen LogP contribution in [-0.4, -0.2) is 31.4 Å². The van der Waals surface area contributed by atoms with Gasteiger partial charge in [-0.3, -0.25) is 9.59 Å². The second kappa shape index (κ2) is 10.6. The minimum absolute atomic E-state index is 0.0371. The Morgan fingerprint density at radius 2 is 1.61 bits per heavy atom. The Bertz CT molecular complexity index is 1070. The van der Waals surface area contributed by atoms with Crippen molar-refractivity contribution in [1.82, 2.24) is 5.32 Å². The SMILES string of the molecule is COC(=O)c1cccc(NCC(=O)Nc2ccccc2C(=O)NCc2ccccc2)c1. The number of esters is 1. The van der Waals surface area contributed by atoms with Crippen molar-refractivity contribution >= 4 is 29.2 Å². The van der Waals surface area contributed by atoms with E-state index in [-0.39, 0.29) is 18.4 Å². The van der Waals surface area contributed by atoms with Crippen LogP contribution in [0, 0.1) is 0 Å². The third-order valence-corrected chi connectivity index (χ3v) is 4.48. The quantitative estimate of drug-likeness (QED) is 0.488. The molecule has 0 heterocycles. The lowest BCUT2D eigenvalue weighted by molar-refractivity contribution is -0.114. The van der Waals surface area contributed by atoms with E-state index in [2.05, 4.69) is 16.0 Å². The molecule has 0 saturated heterocycles. The van der Waals surface area contributed by atoms with Gasteiger partial charge < -0.3 is 20.7 Å². The van der Waals surface area contributed by atoms with Crippen molar-refractivity contribution in [3.05, 3.63) is 95.6 Å². The highest BCUT2D eigenvalue weighted by Gasteiger charge is 2.13. The molecule has 3 N–H and O–H groups in total. The van der Waals surface area contributed by atoms with Crippen LogP contribution in [0.2, 0.25) is 0 Å². The van der Waals surface area contributed by atoms with Crippen molar-refractivity contribution in [2.24, 2.45) is 0 Å². The normalized spacial score (nSPS) is 10.1. The highest BCUT2D eigenvalue weighted by Crippen LogP contribution is 2.16. The van der Waals surface area contributed by atoms with Crippen molar-refractivity contribution in [3.63, 3.8) is 0 Å². The van der Waals surface area contributed by atoms with Gasteiger partial charge in [-0.15, -0.1) is 0 Å². The van der Waals surface area contributed by atoms with Gasteiger partial charge in [-0.2, -0.15) is 0 Å². The number of methoxy groups -OCH3 is 1. The number of carbonyl (C=O) groups is 3. The number of ether oxygens (including phenoxy) is 1. The van der Waals surface area contributed by atoms with Gasteiger partial charge in [-0.1, -0.05) is 48.5 Å². The largest absolute Gasteiger partial charge is 0.465 e. The molecular weight excluding hydrogens is 394 g/mol. The van der Waals surface area contributed by atoms with Gasteiger partial charge in [0, 0.05) is 12.2 Å². The van der Waals surface area contributed by atoms with E-state index < -0.39 is 5.97 Å². The van der Waals surface area contributed by atoms with Crippen LogP contribution >= 0.6 is 0 Å². The lowest BCUT2D eigenvalue weighted by Gasteiger charge is -2.12. The smallest absolute Gasteiger partial charge is 0.337 e. The minimum Gasteiger partial charge on any atom is -0.465 e. The van der Waals surface area contributed by atoms with Crippen LogP contribution in [0.1, 0.15) is 26.3 Å². The Kier molecular flexibility index (Phi) is 7.37. The molecule has 3 rings (SSSR count). The lowest BCUT2D eigenvalue weighted by atomic mass is 10.1. The zero-order valence-electron chi connectivity index (χ0n) is 17.1. The zero-order valence-corrected chi connectivity index (χ0v) is 17.1. The van der Waals surface area contributed by atoms with Crippen molar-refractivity contribution in [2.75, 3.05) is 24.3 Å². The van der Waals surface area contributed by atoms with Crippen LogP contribution < -0.4 is 16.0 Å². The van der Waals surface area contributed by atoms with Gasteiger partial charge >= 0.3 is 5.97 Å². The molecule has 7 heteroatoms. The number of para-hydroxylation sites is 1. The van der Waals surface area contributed by atoms with E-state index in [4.69, 9.17) is 4.74 Å². The van der Waals surface area contributed by atoms with Crippen molar-refractivity contribution in [1.29, 1.82) is 0 Å². The summed E-state index contributed by atoms with van der Waals surface area (Å²) in [6.07, 6.45) is 0. The summed E-state index contributed by atoms with van der Waals surface area (Å²) in [5, 5.41) is 8.57. The second-order valence-corrected chi connectivity index (χ2v) is 6.69. The summed E-state index contributed by atoms with van der Waals surface area (Å²) >= 11 is 0. The molecule has 0 spiro atoms. The maximum absolute atomic E-state index is 12.6. The molecule has 0 aliphatic rings. The number of hydrogen-bond acceptors (Lipinski definition) is 5. The summed E-state index contributed by atoms with van der Waals surface area (Å²) in [7, 11) is 1.31. The van der Waals surface area contributed by atoms with Crippen LogP contribution in [0.15, 0.2) is 78.9 Å². The summed E-state index contributed by atoms with van der Waals surface area (Å²) in [4.78, 5) is 36.6. The Hall–Kier alpha value is -4.13. The third kappa shape index (κ3) is 6.17. The summed E-state index contributed by atoms with van der Waals surface area (Å²) < 4.78 is 4.70. The number of carbonyl (C=O) groups excluding carboxylic acids is 3. The van der Waals surface area contributed by atoms with Crippen LogP contribution in [0.4, 0.5) is 11.4 Å².